The van der Waals surface area contributed by atoms with Gasteiger partial charge in [0, 0.05) is 17.8 Å². The Hall–Kier alpha value is -3.55. The van der Waals surface area contributed by atoms with Crippen molar-refractivity contribution in [3.63, 3.8) is 0 Å². The van der Waals surface area contributed by atoms with Crippen molar-refractivity contribution in [3.8, 4) is 11.5 Å². The Morgan fingerprint density at radius 2 is 1.90 bits per heavy atom. The highest BCUT2D eigenvalue weighted by Crippen LogP contribution is 2.41. The van der Waals surface area contributed by atoms with Crippen LogP contribution >= 0.6 is 0 Å². The minimum absolute atomic E-state index is 0.0408. The first kappa shape index (κ1) is 18.2. The highest BCUT2D eigenvalue weighted by molar-refractivity contribution is 6.05. The second kappa shape index (κ2) is 7.01. The standard InChI is InChI=1S/C23H22N4O4/c28-21(24-14-9-10-19-20(11-14)31-13-30-19)12-18-22(29)26(15-5-1-2-6-15)23-25-16-7-3-4-8-17(16)27(18)23/h3-4,7-11,15,18H,1-2,5-6,12-13H2,(H,24,28)/t18-/m1/s1. The summed E-state index contributed by atoms with van der Waals surface area (Å²) in [7, 11) is 0. The van der Waals surface area contributed by atoms with Gasteiger partial charge in [0.15, 0.2) is 11.5 Å². The van der Waals surface area contributed by atoms with Gasteiger partial charge in [0.2, 0.25) is 18.6 Å². The number of fused-ring (bicyclic) bond motifs is 4. The fourth-order valence-electron chi connectivity index (χ4n) is 4.92. The highest BCUT2D eigenvalue weighted by atomic mass is 16.7. The summed E-state index contributed by atoms with van der Waals surface area (Å²) in [5.41, 5.74) is 2.34. The fourth-order valence-corrected chi connectivity index (χ4v) is 4.92. The summed E-state index contributed by atoms with van der Waals surface area (Å²) < 4.78 is 12.6. The summed E-state index contributed by atoms with van der Waals surface area (Å²) in [6.07, 6.45) is 4.23. The molecule has 0 bridgehead atoms. The predicted octanol–water partition coefficient (Wildman–Crippen LogP) is 3.62. The van der Waals surface area contributed by atoms with Crippen LogP contribution in [0.2, 0.25) is 0 Å². The molecule has 3 aliphatic rings. The largest absolute Gasteiger partial charge is 0.454 e. The van der Waals surface area contributed by atoms with E-state index in [1.807, 2.05) is 33.7 Å². The summed E-state index contributed by atoms with van der Waals surface area (Å²) in [4.78, 5) is 33.0. The van der Waals surface area contributed by atoms with Crippen LogP contribution in [0.4, 0.5) is 11.6 Å². The molecular weight excluding hydrogens is 396 g/mol. The molecule has 1 aliphatic carbocycles. The number of rotatable bonds is 4. The van der Waals surface area contributed by atoms with E-state index in [-0.39, 0.29) is 31.1 Å². The number of nitrogens with one attached hydrogen (secondary N) is 1. The zero-order chi connectivity index (χ0) is 20.9. The summed E-state index contributed by atoms with van der Waals surface area (Å²) >= 11 is 0. The van der Waals surface area contributed by atoms with Gasteiger partial charge in [0.1, 0.15) is 6.04 Å². The Labute approximate surface area is 178 Å². The maximum atomic E-state index is 13.4. The minimum Gasteiger partial charge on any atom is -0.454 e. The number of ether oxygens (including phenoxy) is 2. The van der Waals surface area contributed by atoms with Crippen molar-refractivity contribution in [1.82, 2.24) is 9.55 Å². The number of para-hydroxylation sites is 2. The first-order valence-corrected chi connectivity index (χ1v) is 10.7. The number of aromatic nitrogens is 2. The van der Waals surface area contributed by atoms with Crippen molar-refractivity contribution in [2.75, 3.05) is 17.0 Å². The number of amides is 2. The minimum atomic E-state index is -0.600. The van der Waals surface area contributed by atoms with Gasteiger partial charge < -0.3 is 14.8 Å². The van der Waals surface area contributed by atoms with Crippen LogP contribution in [0.5, 0.6) is 11.5 Å². The zero-order valence-electron chi connectivity index (χ0n) is 16.9. The lowest BCUT2D eigenvalue weighted by Crippen LogP contribution is -2.38. The molecule has 0 spiro atoms. The number of benzene rings is 2. The molecule has 8 nitrogen and oxygen atoms in total. The molecule has 1 fully saturated rings. The second-order valence-electron chi connectivity index (χ2n) is 8.25. The topological polar surface area (TPSA) is 85.7 Å². The molecule has 2 amide bonds. The molecule has 31 heavy (non-hydrogen) atoms. The third-order valence-corrected chi connectivity index (χ3v) is 6.35. The fraction of sp³-hybridized carbons (Fsp3) is 0.348. The van der Waals surface area contributed by atoms with Gasteiger partial charge >= 0.3 is 0 Å². The molecule has 3 aromatic rings. The van der Waals surface area contributed by atoms with Crippen LogP contribution in [-0.4, -0.2) is 34.2 Å². The van der Waals surface area contributed by atoms with Gasteiger partial charge in [-0.3, -0.25) is 19.1 Å². The number of hydrogen-bond donors (Lipinski definition) is 1. The van der Waals surface area contributed by atoms with Gasteiger partial charge in [-0.25, -0.2) is 4.98 Å². The van der Waals surface area contributed by atoms with Gasteiger partial charge in [0.25, 0.3) is 5.91 Å². The average Bonchev–Trinajstić information content (AvgIpc) is 3.54. The van der Waals surface area contributed by atoms with Crippen molar-refractivity contribution in [2.45, 2.75) is 44.2 Å². The highest BCUT2D eigenvalue weighted by Gasteiger charge is 2.44. The third kappa shape index (κ3) is 2.93. The molecule has 0 unspecified atom stereocenters. The number of imidazole rings is 1. The molecule has 1 saturated carbocycles. The molecule has 2 aliphatic heterocycles. The normalized spacial score (nSPS) is 19.9. The predicted molar refractivity (Wildman–Crippen MR) is 114 cm³/mol. The lowest BCUT2D eigenvalue weighted by molar-refractivity contribution is -0.125. The van der Waals surface area contributed by atoms with Gasteiger partial charge in [-0.15, -0.1) is 0 Å². The summed E-state index contributed by atoms with van der Waals surface area (Å²) in [5.74, 6) is 1.66. The van der Waals surface area contributed by atoms with Crippen LogP contribution in [0.3, 0.4) is 0 Å². The number of carbonyl (C=O) groups is 2. The van der Waals surface area contributed by atoms with Gasteiger partial charge in [-0.2, -0.15) is 0 Å². The van der Waals surface area contributed by atoms with Crippen molar-refractivity contribution in [2.24, 2.45) is 0 Å². The van der Waals surface area contributed by atoms with E-state index in [1.54, 1.807) is 18.2 Å². The molecule has 1 aromatic heterocycles. The molecule has 0 radical (unpaired) electrons. The average molecular weight is 418 g/mol. The quantitative estimate of drug-likeness (QED) is 0.699. The summed E-state index contributed by atoms with van der Waals surface area (Å²) in [6.45, 7) is 0.177. The summed E-state index contributed by atoms with van der Waals surface area (Å²) in [5, 5.41) is 2.90. The Morgan fingerprint density at radius 1 is 1.10 bits per heavy atom. The first-order chi connectivity index (χ1) is 15.2. The van der Waals surface area contributed by atoms with Crippen molar-refractivity contribution in [3.05, 3.63) is 42.5 Å². The van der Waals surface area contributed by atoms with Crippen LogP contribution in [0.15, 0.2) is 42.5 Å². The van der Waals surface area contributed by atoms with E-state index in [0.29, 0.717) is 23.1 Å². The Bertz CT molecular complexity index is 1200. The van der Waals surface area contributed by atoms with Gasteiger partial charge in [-0.1, -0.05) is 25.0 Å². The summed E-state index contributed by atoms with van der Waals surface area (Å²) in [6, 6.07) is 12.6. The van der Waals surface area contributed by atoms with E-state index in [2.05, 4.69) is 5.32 Å². The number of nitrogens with zero attached hydrogens (tertiary/aromatic N) is 3. The Morgan fingerprint density at radius 3 is 2.77 bits per heavy atom. The van der Waals surface area contributed by atoms with Crippen molar-refractivity contribution < 1.29 is 19.1 Å². The number of carbonyl (C=O) groups excluding carboxylic acids is 2. The Balaban J connectivity index is 1.30. The maximum Gasteiger partial charge on any atom is 0.253 e. The maximum absolute atomic E-state index is 13.4. The molecule has 0 saturated heterocycles. The Kier molecular flexibility index (Phi) is 4.12. The van der Waals surface area contributed by atoms with E-state index in [9.17, 15) is 9.59 Å². The molecule has 8 heteroatoms. The van der Waals surface area contributed by atoms with E-state index < -0.39 is 6.04 Å². The number of hydrogen-bond acceptors (Lipinski definition) is 5. The second-order valence-corrected chi connectivity index (χ2v) is 8.25. The van der Waals surface area contributed by atoms with Gasteiger partial charge in [-0.05, 0) is 37.1 Å². The van der Waals surface area contributed by atoms with Crippen LogP contribution in [-0.2, 0) is 9.59 Å². The van der Waals surface area contributed by atoms with Crippen molar-refractivity contribution >= 4 is 34.5 Å². The molecule has 158 valence electrons. The smallest absolute Gasteiger partial charge is 0.253 e. The van der Waals surface area contributed by atoms with E-state index >= 15 is 0 Å². The van der Waals surface area contributed by atoms with Crippen LogP contribution < -0.4 is 19.7 Å². The molecule has 1 atom stereocenters. The van der Waals surface area contributed by atoms with E-state index in [1.165, 1.54) is 0 Å². The molecule has 1 N–H and O–H groups in total. The zero-order valence-corrected chi connectivity index (χ0v) is 16.9. The molecule has 3 heterocycles. The lowest BCUT2D eigenvalue weighted by Gasteiger charge is -2.22. The monoisotopic (exact) mass is 418 g/mol. The lowest BCUT2D eigenvalue weighted by atomic mass is 10.1. The van der Waals surface area contributed by atoms with Crippen LogP contribution in [0.1, 0.15) is 38.1 Å². The van der Waals surface area contributed by atoms with Gasteiger partial charge in [0.05, 0.1) is 17.5 Å². The van der Waals surface area contributed by atoms with Crippen molar-refractivity contribution in [1.29, 1.82) is 0 Å². The van der Waals surface area contributed by atoms with Crippen LogP contribution in [0.25, 0.3) is 11.0 Å². The van der Waals surface area contributed by atoms with E-state index in [0.717, 1.165) is 36.7 Å². The number of anilines is 2. The first-order valence-electron chi connectivity index (χ1n) is 10.7. The molecule has 6 rings (SSSR count). The molecule has 2 aromatic carbocycles. The molecular formula is C23H22N4O4. The third-order valence-electron chi connectivity index (χ3n) is 6.35. The van der Waals surface area contributed by atoms with Crippen LogP contribution in [0, 0.1) is 0 Å². The SMILES string of the molecule is O=C(C[C@@H]1C(=O)N(C2CCCC2)c2nc3ccccc3n21)Nc1ccc2c(c1)OCO2. The van der Waals surface area contributed by atoms with E-state index in [4.69, 9.17) is 14.5 Å².